The number of carbonyl (C=O) groups excluding carboxylic acids is 2. The van der Waals surface area contributed by atoms with Gasteiger partial charge in [0.05, 0.1) is 5.41 Å². The summed E-state index contributed by atoms with van der Waals surface area (Å²) >= 11 is 0. The molecule has 0 radical (unpaired) electrons. The summed E-state index contributed by atoms with van der Waals surface area (Å²) in [6, 6.07) is -0.138. The van der Waals surface area contributed by atoms with Gasteiger partial charge in [0.1, 0.15) is 6.54 Å². The predicted octanol–water partition coefficient (Wildman–Crippen LogP) is 6.11. The molecule has 1 saturated heterocycles. The Balaban J connectivity index is 2.26. The van der Waals surface area contributed by atoms with Crippen LogP contribution in [0.1, 0.15) is 112 Å². The third-order valence-electron chi connectivity index (χ3n) is 8.35. The Kier molecular flexibility index (Phi) is 13.8. The van der Waals surface area contributed by atoms with E-state index in [0.717, 1.165) is 70.8 Å². The number of amides is 3. The van der Waals surface area contributed by atoms with Crippen LogP contribution in [0.25, 0.3) is 0 Å². The molecule has 0 aromatic heterocycles. The molecule has 0 unspecified atom stereocenters. The Labute approximate surface area is 207 Å². The molecule has 1 fully saturated rings. The number of urea groups is 1. The van der Waals surface area contributed by atoms with Crippen LogP contribution in [0.3, 0.4) is 0 Å². The molecule has 0 saturated carbocycles. The van der Waals surface area contributed by atoms with Gasteiger partial charge in [0.2, 0.25) is 5.91 Å². The van der Waals surface area contributed by atoms with Gasteiger partial charge in [-0.3, -0.25) is 14.5 Å². The van der Waals surface area contributed by atoms with Gasteiger partial charge in [0.25, 0.3) is 0 Å². The topological polar surface area (TPSA) is 87.2 Å². The fraction of sp³-hybridized carbons (Fsp3) is 0.889. The number of imide groups is 1. The molecular weight excluding hydrogens is 432 g/mol. The molecule has 0 aromatic rings. The average molecular weight is 483 g/mol. The normalized spacial score (nSPS) is 15.0. The molecule has 0 spiro atoms. The smallest absolute Gasteiger partial charge is 0.327 e. The van der Waals surface area contributed by atoms with E-state index in [1.54, 1.807) is 4.90 Å². The molecule has 1 aliphatic rings. The van der Waals surface area contributed by atoms with E-state index in [2.05, 4.69) is 13.8 Å². The summed E-state index contributed by atoms with van der Waals surface area (Å²) < 4.78 is 5.82. The van der Waals surface area contributed by atoms with Gasteiger partial charge in [-0.1, -0.05) is 53.4 Å². The van der Waals surface area contributed by atoms with Gasteiger partial charge >= 0.3 is 12.0 Å². The van der Waals surface area contributed by atoms with Crippen LogP contribution >= 0.6 is 0 Å². The van der Waals surface area contributed by atoms with Crippen LogP contribution in [0.2, 0.25) is 0 Å². The van der Waals surface area contributed by atoms with Gasteiger partial charge < -0.3 is 14.7 Å². The largest absolute Gasteiger partial charge is 0.481 e. The SMILES string of the molecule is CCN1CC(=O)N(CCCC(CC)(CC)CCCCOCCCCC(CC)(CC)C(=O)O)C1=O. The molecule has 0 aliphatic carbocycles. The number of carboxylic acids is 1. The number of carboxylic acid groups (broad SMARTS) is 1. The Morgan fingerprint density at radius 2 is 1.41 bits per heavy atom. The number of unbranched alkanes of at least 4 members (excludes halogenated alkanes) is 2. The summed E-state index contributed by atoms with van der Waals surface area (Å²) in [4.78, 5) is 39.0. The number of carbonyl (C=O) groups is 3. The zero-order valence-corrected chi connectivity index (χ0v) is 22.5. The minimum Gasteiger partial charge on any atom is -0.481 e. The second-order valence-corrected chi connectivity index (χ2v) is 9.97. The number of hydrogen-bond acceptors (Lipinski definition) is 4. The highest BCUT2D eigenvalue weighted by Crippen LogP contribution is 2.38. The van der Waals surface area contributed by atoms with E-state index in [4.69, 9.17) is 4.74 Å². The summed E-state index contributed by atoms with van der Waals surface area (Å²) in [5.74, 6) is -0.740. The Hall–Kier alpha value is -1.63. The number of nitrogens with zero attached hydrogens (tertiary/aromatic N) is 2. The highest BCUT2D eigenvalue weighted by Gasteiger charge is 2.35. The molecule has 3 amide bonds. The minimum absolute atomic E-state index is 0.0689. The third-order valence-corrected chi connectivity index (χ3v) is 8.35. The van der Waals surface area contributed by atoms with Crippen LogP contribution in [0.5, 0.6) is 0 Å². The lowest BCUT2D eigenvalue weighted by Crippen LogP contribution is -2.34. The Bertz CT molecular complexity index is 629. The van der Waals surface area contributed by atoms with Gasteiger partial charge in [-0.2, -0.15) is 0 Å². The summed E-state index contributed by atoms with van der Waals surface area (Å²) in [7, 11) is 0. The second kappa shape index (κ2) is 15.4. The van der Waals surface area contributed by atoms with Crippen LogP contribution in [0.4, 0.5) is 4.79 Å². The summed E-state index contributed by atoms with van der Waals surface area (Å²) in [5, 5.41) is 9.52. The van der Waals surface area contributed by atoms with Crippen LogP contribution in [-0.4, -0.2) is 65.7 Å². The van der Waals surface area contributed by atoms with E-state index in [1.807, 2.05) is 20.8 Å². The zero-order valence-electron chi connectivity index (χ0n) is 22.5. The third kappa shape index (κ3) is 8.54. The number of rotatable bonds is 20. The molecule has 198 valence electrons. The van der Waals surface area contributed by atoms with Crippen molar-refractivity contribution in [3.63, 3.8) is 0 Å². The van der Waals surface area contributed by atoms with Gasteiger partial charge in [-0.25, -0.2) is 4.79 Å². The van der Waals surface area contributed by atoms with Crippen LogP contribution in [-0.2, 0) is 14.3 Å². The van der Waals surface area contributed by atoms with Gasteiger partial charge in [-0.15, -0.1) is 0 Å². The quantitative estimate of drug-likeness (QED) is 0.167. The molecule has 0 atom stereocenters. The van der Waals surface area contributed by atoms with E-state index < -0.39 is 11.4 Å². The number of hydrogen-bond donors (Lipinski definition) is 1. The highest BCUT2D eigenvalue weighted by molar-refractivity contribution is 6.01. The minimum atomic E-state index is -0.671. The van der Waals surface area contributed by atoms with Crippen LogP contribution in [0, 0.1) is 10.8 Å². The molecule has 0 bridgehead atoms. The van der Waals surface area contributed by atoms with E-state index in [1.165, 1.54) is 4.90 Å². The molecule has 7 heteroatoms. The fourth-order valence-corrected chi connectivity index (χ4v) is 5.24. The molecular formula is C27H50N2O5. The predicted molar refractivity (Wildman–Crippen MR) is 136 cm³/mol. The molecule has 1 N–H and O–H groups in total. The maximum atomic E-state index is 12.3. The van der Waals surface area contributed by atoms with E-state index >= 15 is 0 Å². The molecule has 1 aliphatic heterocycles. The van der Waals surface area contributed by atoms with Crippen molar-refractivity contribution < 1.29 is 24.2 Å². The van der Waals surface area contributed by atoms with Crippen molar-refractivity contribution in [2.75, 3.05) is 32.8 Å². The number of likely N-dealkylation sites (N-methyl/N-ethyl adjacent to an activating group) is 1. The van der Waals surface area contributed by atoms with Crippen molar-refractivity contribution in [3.05, 3.63) is 0 Å². The monoisotopic (exact) mass is 482 g/mol. The molecule has 1 rings (SSSR count). The first kappa shape index (κ1) is 30.4. The van der Waals surface area contributed by atoms with Crippen molar-refractivity contribution in [3.8, 4) is 0 Å². The Morgan fingerprint density at radius 1 is 0.853 bits per heavy atom. The lowest BCUT2D eigenvalue weighted by Gasteiger charge is -2.32. The van der Waals surface area contributed by atoms with Gasteiger partial charge in [0, 0.05) is 26.3 Å². The molecule has 7 nitrogen and oxygen atoms in total. The summed E-state index contributed by atoms with van der Waals surface area (Å²) in [6.07, 6.45) is 11.3. The van der Waals surface area contributed by atoms with Crippen molar-refractivity contribution in [1.82, 2.24) is 9.80 Å². The Morgan fingerprint density at radius 3 is 1.88 bits per heavy atom. The lowest BCUT2D eigenvalue weighted by atomic mass is 9.74. The zero-order chi connectivity index (χ0) is 25.6. The van der Waals surface area contributed by atoms with E-state index in [9.17, 15) is 19.5 Å². The molecule has 0 aromatic carbocycles. The van der Waals surface area contributed by atoms with Crippen molar-refractivity contribution >= 4 is 17.9 Å². The average Bonchev–Trinajstić information content (AvgIpc) is 3.12. The van der Waals surface area contributed by atoms with Crippen molar-refractivity contribution in [2.24, 2.45) is 10.8 Å². The number of ether oxygens (including phenoxy) is 1. The highest BCUT2D eigenvalue weighted by atomic mass is 16.5. The summed E-state index contributed by atoms with van der Waals surface area (Å²) in [5.41, 5.74) is -0.314. The standard InChI is InChI=1S/C27H50N2O5/c1-6-26(7-2,17-15-19-29-23(30)22-28(10-5)25(29)33)16-11-13-20-34-21-14-12-18-27(8-3,9-4)24(31)32/h6-22H2,1-5H3,(H,31,32). The first-order valence-electron chi connectivity index (χ1n) is 13.6. The lowest BCUT2D eigenvalue weighted by molar-refractivity contribution is -0.150. The van der Waals surface area contributed by atoms with Crippen molar-refractivity contribution in [1.29, 1.82) is 0 Å². The number of aliphatic carboxylic acids is 1. The van der Waals surface area contributed by atoms with E-state index in [0.29, 0.717) is 32.5 Å². The van der Waals surface area contributed by atoms with Crippen molar-refractivity contribution in [2.45, 2.75) is 112 Å². The first-order valence-corrected chi connectivity index (χ1v) is 13.6. The molecule has 1 heterocycles. The fourth-order valence-electron chi connectivity index (χ4n) is 5.24. The maximum absolute atomic E-state index is 12.3. The van der Waals surface area contributed by atoms with Gasteiger partial charge in [-0.05, 0) is 63.7 Å². The van der Waals surface area contributed by atoms with Gasteiger partial charge in [0.15, 0.2) is 0 Å². The maximum Gasteiger partial charge on any atom is 0.327 e. The second-order valence-electron chi connectivity index (χ2n) is 9.97. The van der Waals surface area contributed by atoms with Crippen LogP contribution < -0.4 is 0 Å². The first-order chi connectivity index (χ1) is 16.2. The van der Waals surface area contributed by atoms with Crippen LogP contribution in [0.15, 0.2) is 0 Å². The molecule has 34 heavy (non-hydrogen) atoms. The van der Waals surface area contributed by atoms with E-state index in [-0.39, 0.29) is 23.9 Å². The summed E-state index contributed by atoms with van der Waals surface area (Å²) in [6.45, 7) is 13.1.